The molecule has 0 unspecified atom stereocenters. The minimum absolute atomic E-state index is 0.222. The van der Waals surface area contributed by atoms with Gasteiger partial charge in [-0.1, -0.05) is 6.07 Å². The van der Waals surface area contributed by atoms with E-state index in [4.69, 9.17) is 5.73 Å². The number of anilines is 1. The van der Waals surface area contributed by atoms with Crippen LogP contribution in [0, 0.1) is 5.82 Å². The molecule has 0 aliphatic heterocycles. The Bertz CT molecular complexity index is 286. The van der Waals surface area contributed by atoms with Crippen molar-refractivity contribution in [1.29, 1.82) is 0 Å². The van der Waals surface area contributed by atoms with Crippen LogP contribution in [0.1, 0.15) is 12.5 Å². The van der Waals surface area contributed by atoms with Crippen molar-refractivity contribution in [2.24, 2.45) is 5.73 Å². The van der Waals surface area contributed by atoms with E-state index in [1.54, 1.807) is 6.07 Å². The molecule has 0 saturated heterocycles. The summed E-state index contributed by atoms with van der Waals surface area (Å²) in [7, 11) is 1.93. The van der Waals surface area contributed by atoms with Gasteiger partial charge in [-0.3, -0.25) is 0 Å². The molecule has 0 heterocycles. The first kappa shape index (κ1) is 9.99. The second-order valence-electron chi connectivity index (χ2n) is 2.99. The largest absolute Gasteiger partial charge is 0.375 e. The molecule has 3 heteroatoms. The van der Waals surface area contributed by atoms with E-state index in [9.17, 15) is 4.39 Å². The van der Waals surface area contributed by atoms with E-state index in [0.717, 1.165) is 12.2 Å². The van der Waals surface area contributed by atoms with Gasteiger partial charge in [0.1, 0.15) is 5.82 Å². The fourth-order valence-electron chi connectivity index (χ4n) is 1.12. The zero-order chi connectivity index (χ0) is 9.84. The Morgan fingerprint density at radius 2 is 2.15 bits per heavy atom. The highest BCUT2D eigenvalue weighted by Crippen LogP contribution is 2.16. The highest BCUT2D eigenvalue weighted by atomic mass is 19.1. The third kappa shape index (κ3) is 2.18. The Kier molecular flexibility index (Phi) is 3.25. The number of rotatable bonds is 3. The maximum atomic E-state index is 13.2. The quantitative estimate of drug-likeness (QED) is 0.771. The Morgan fingerprint density at radius 3 is 2.62 bits per heavy atom. The van der Waals surface area contributed by atoms with Crippen molar-refractivity contribution in [2.45, 2.75) is 13.5 Å². The van der Waals surface area contributed by atoms with Crippen LogP contribution >= 0.6 is 0 Å². The van der Waals surface area contributed by atoms with Crippen molar-refractivity contribution in [3.8, 4) is 0 Å². The maximum Gasteiger partial charge on any atom is 0.129 e. The Morgan fingerprint density at radius 1 is 1.46 bits per heavy atom. The highest BCUT2D eigenvalue weighted by Gasteiger charge is 2.03. The van der Waals surface area contributed by atoms with Gasteiger partial charge in [-0.15, -0.1) is 0 Å². The SMILES string of the molecule is CCN(C)c1ccc(CN)c(F)c1. The second kappa shape index (κ2) is 4.23. The molecular formula is C10H15FN2. The van der Waals surface area contributed by atoms with Crippen molar-refractivity contribution in [3.05, 3.63) is 29.6 Å². The van der Waals surface area contributed by atoms with Gasteiger partial charge in [0.2, 0.25) is 0 Å². The maximum absolute atomic E-state index is 13.2. The summed E-state index contributed by atoms with van der Waals surface area (Å²) in [6.07, 6.45) is 0. The average molecular weight is 182 g/mol. The number of hydrogen-bond donors (Lipinski definition) is 1. The van der Waals surface area contributed by atoms with Crippen LogP contribution < -0.4 is 10.6 Å². The molecule has 0 fully saturated rings. The fourth-order valence-corrected chi connectivity index (χ4v) is 1.12. The molecule has 0 aliphatic carbocycles. The minimum Gasteiger partial charge on any atom is -0.375 e. The van der Waals surface area contributed by atoms with Crippen molar-refractivity contribution >= 4 is 5.69 Å². The average Bonchev–Trinajstić information content (AvgIpc) is 2.16. The summed E-state index contributed by atoms with van der Waals surface area (Å²) in [5.41, 5.74) is 6.81. The molecule has 0 atom stereocenters. The summed E-state index contributed by atoms with van der Waals surface area (Å²) >= 11 is 0. The summed E-state index contributed by atoms with van der Waals surface area (Å²) < 4.78 is 13.2. The van der Waals surface area contributed by atoms with Crippen LogP contribution in [0.3, 0.4) is 0 Å². The predicted octanol–water partition coefficient (Wildman–Crippen LogP) is 1.74. The van der Waals surface area contributed by atoms with Gasteiger partial charge < -0.3 is 10.6 Å². The van der Waals surface area contributed by atoms with E-state index in [2.05, 4.69) is 0 Å². The van der Waals surface area contributed by atoms with Crippen LogP contribution in [-0.4, -0.2) is 13.6 Å². The van der Waals surface area contributed by atoms with E-state index >= 15 is 0 Å². The lowest BCUT2D eigenvalue weighted by Crippen LogP contribution is -2.16. The van der Waals surface area contributed by atoms with E-state index in [1.807, 2.05) is 24.9 Å². The first-order valence-electron chi connectivity index (χ1n) is 4.38. The van der Waals surface area contributed by atoms with Crippen LogP contribution in [0.25, 0.3) is 0 Å². The lowest BCUT2D eigenvalue weighted by molar-refractivity contribution is 0.610. The zero-order valence-electron chi connectivity index (χ0n) is 8.05. The molecular weight excluding hydrogens is 167 g/mol. The van der Waals surface area contributed by atoms with E-state index < -0.39 is 0 Å². The van der Waals surface area contributed by atoms with Crippen LogP contribution in [0.5, 0.6) is 0 Å². The summed E-state index contributed by atoms with van der Waals surface area (Å²) in [5, 5.41) is 0. The summed E-state index contributed by atoms with van der Waals surface area (Å²) in [6.45, 7) is 3.14. The van der Waals surface area contributed by atoms with Crippen LogP contribution in [0.15, 0.2) is 18.2 Å². The number of halogens is 1. The van der Waals surface area contributed by atoms with Crippen molar-refractivity contribution < 1.29 is 4.39 Å². The van der Waals surface area contributed by atoms with Crippen molar-refractivity contribution in [1.82, 2.24) is 0 Å². The monoisotopic (exact) mass is 182 g/mol. The molecule has 0 saturated carbocycles. The molecule has 0 aliphatic rings. The highest BCUT2D eigenvalue weighted by molar-refractivity contribution is 5.47. The molecule has 13 heavy (non-hydrogen) atoms. The number of benzene rings is 1. The normalized spacial score (nSPS) is 10.2. The van der Waals surface area contributed by atoms with Gasteiger partial charge in [0.15, 0.2) is 0 Å². The molecule has 0 radical (unpaired) electrons. The molecule has 2 nitrogen and oxygen atoms in total. The summed E-state index contributed by atoms with van der Waals surface area (Å²) in [5.74, 6) is -0.222. The smallest absolute Gasteiger partial charge is 0.129 e. The molecule has 2 N–H and O–H groups in total. The minimum atomic E-state index is -0.222. The van der Waals surface area contributed by atoms with Crippen LogP contribution in [0.2, 0.25) is 0 Å². The third-order valence-corrected chi connectivity index (χ3v) is 2.17. The van der Waals surface area contributed by atoms with E-state index in [1.165, 1.54) is 6.07 Å². The molecule has 72 valence electrons. The van der Waals surface area contributed by atoms with Crippen LogP contribution in [-0.2, 0) is 6.54 Å². The fraction of sp³-hybridized carbons (Fsp3) is 0.400. The van der Waals surface area contributed by atoms with Crippen molar-refractivity contribution in [3.63, 3.8) is 0 Å². The first-order chi connectivity index (χ1) is 6.19. The van der Waals surface area contributed by atoms with Crippen LogP contribution in [0.4, 0.5) is 10.1 Å². The zero-order valence-corrected chi connectivity index (χ0v) is 8.05. The Hall–Kier alpha value is -1.09. The summed E-state index contributed by atoms with van der Waals surface area (Å²) in [4.78, 5) is 1.98. The first-order valence-corrected chi connectivity index (χ1v) is 4.38. The van der Waals surface area contributed by atoms with E-state index in [0.29, 0.717) is 5.56 Å². The second-order valence-corrected chi connectivity index (χ2v) is 2.99. The van der Waals surface area contributed by atoms with E-state index in [-0.39, 0.29) is 12.4 Å². The Labute approximate surface area is 78.2 Å². The molecule has 1 aromatic carbocycles. The van der Waals surface area contributed by atoms with Gasteiger partial charge in [-0.05, 0) is 19.1 Å². The van der Waals surface area contributed by atoms with Gasteiger partial charge >= 0.3 is 0 Å². The lowest BCUT2D eigenvalue weighted by atomic mass is 10.2. The van der Waals surface area contributed by atoms with Crippen molar-refractivity contribution in [2.75, 3.05) is 18.5 Å². The van der Waals surface area contributed by atoms with Gasteiger partial charge in [-0.25, -0.2) is 4.39 Å². The van der Waals surface area contributed by atoms with Gasteiger partial charge in [0.25, 0.3) is 0 Å². The standard InChI is InChI=1S/C10H15FN2/c1-3-13(2)9-5-4-8(7-12)10(11)6-9/h4-6H,3,7,12H2,1-2H3. The number of nitrogens with zero attached hydrogens (tertiary/aromatic N) is 1. The molecule has 0 spiro atoms. The molecule has 0 aromatic heterocycles. The van der Waals surface area contributed by atoms with Gasteiger partial charge in [-0.2, -0.15) is 0 Å². The number of nitrogens with two attached hydrogens (primary N) is 1. The molecule has 0 bridgehead atoms. The Balaban J connectivity index is 2.95. The molecule has 1 rings (SSSR count). The number of hydrogen-bond acceptors (Lipinski definition) is 2. The lowest BCUT2D eigenvalue weighted by Gasteiger charge is -2.17. The third-order valence-electron chi connectivity index (χ3n) is 2.17. The topological polar surface area (TPSA) is 29.3 Å². The molecule has 1 aromatic rings. The van der Waals surface area contributed by atoms with Gasteiger partial charge in [0, 0.05) is 31.4 Å². The summed E-state index contributed by atoms with van der Waals surface area (Å²) in [6, 6.07) is 5.14. The predicted molar refractivity (Wildman–Crippen MR) is 53.2 cm³/mol. The molecule has 0 amide bonds. The van der Waals surface area contributed by atoms with Gasteiger partial charge in [0.05, 0.1) is 0 Å².